The molecule has 1 amide bonds. The average Bonchev–Trinajstić information content (AvgIpc) is 2.97. The molecule has 0 saturated carbocycles. The van der Waals surface area contributed by atoms with E-state index in [-0.39, 0.29) is 17.9 Å². The monoisotopic (exact) mass is 339 g/mol. The van der Waals surface area contributed by atoms with Crippen LogP contribution in [0.15, 0.2) is 23.2 Å². The third-order valence-corrected chi connectivity index (χ3v) is 3.75. The van der Waals surface area contributed by atoms with Crippen LogP contribution in [0.2, 0.25) is 0 Å². The number of nitrogens with zero attached hydrogens (tertiary/aromatic N) is 3. The van der Waals surface area contributed by atoms with Gasteiger partial charge in [-0.15, -0.1) is 0 Å². The van der Waals surface area contributed by atoms with Crippen molar-refractivity contribution in [3.8, 4) is 0 Å². The molecule has 2 rings (SSSR count). The van der Waals surface area contributed by atoms with Gasteiger partial charge in [0, 0.05) is 25.0 Å². The van der Waals surface area contributed by atoms with Crippen molar-refractivity contribution in [1.82, 2.24) is 25.1 Å². The van der Waals surface area contributed by atoms with E-state index in [1.54, 1.807) is 12.5 Å². The largest absolute Gasteiger partial charge is 0.346 e. The highest BCUT2D eigenvalue weighted by Gasteiger charge is 2.20. The molecule has 2 aromatic rings. The van der Waals surface area contributed by atoms with Crippen LogP contribution in [-0.2, 0) is 6.54 Å². The molecule has 0 aromatic carbocycles. The van der Waals surface area contributed by atoms with Gasteiger partial charge in [-0.3, -0.25) is 9.89 Å². The zero-order chi connectivity index (χ0) is 14.7. The van der Waals surface area contributed by atoms with Crippen LogP contribution in [-0.4, -0.2) is 31.7 Å². The van der Waals surface area contributed by atoms with Gasteiger partial charge in [-0.1, -0.05) is 13.8 Å². The van der Waals surface area contributed by atoms with E-state index in [1.807, 2.05) is 31.5 Å². The first-order valence-electron chi connectivity index (χ1n) is 6.49. The summed E-state index contributed by atoms with van der Waals surface area (Å²) in [6, 6.07) is -0.0113. The number of amides is 1. The van der Waals surface area contributed by atoms with Gasteiger partial charge in [0.2, 0.25) is 0 Å². The number of aromatic nitrogens is 4. The number of aromatic amines is 1. The summed E-state index contributed by atoms with van der Waals surface area (Å²) in [7, 11) is 0. The minimum atomic E-state index is -0.187. The Kier molecular flexibility index (Phi) is 4.59. The molecule has 1 atom stereocenters. The van der Waals surface area contributed by atoms with E-state index < -0.39 is 0 Å². The molecule has 7 heteroatoms. The Bertz CT molecular complexity index is 576. The number of carbonyl (C=O) groups excluding carboxylic acids is 1. The Hall–Kier alpha value is -1.63. The second-order valence-electron chi connectivity index (χ2n) is 5.09. The highest BCUT2D eigenvalue weighted by atomic mass is 79.9. The first kappa shape index (κ1) is 14.8. The molecule has 6 nitrogen and oxygen atoms in total. The number of hydrogen-bond acceptors (Lipinski definition) is 3. The summed E-state index contributed by atoms with van der Waals surface area (Å²) >= 11 is 3.43. The summed E-state index contributed by atoms with van der Waals surface area (Å²) in [5.74, 6) is 0.0921. The Labute approximate surface area is 126 Å². The standard InChI is InChI=1S/C13H18BrN5O/c1-8(2)11-10(14)12(18-17-11)13(20)16-9(3)6-19-5-4-15-7-19/h4-5,7-9H,6H2,1-3H3,(H,16,20)(H,17,18). The number of nitrogens with one attached hydrogen (secondary N) is 2. The predicted octanol–water partition coefficient (Wildman–Crippen LogP) is 2.31. The lowest BCUT2D eigenvalue weighted by Crippen LogP contribution is -2.35. The van der Waals surface area contributed by atoms with Crippen molar-refractivity contribution >= 4 is 21.8 Å². The third-order valence-electron chi connectivity index (χ3n) is 2.95. The molecule has 2 heterocycles. The summed E-state index contributed by atoms with van der Waals surface area (Å²) in [4.78, 5) is 16.2. The van der Waals surface area contributed by atoms with E-state index in [2.05, 4.69) is 36.4 Å². The van der Waals surface area contributed by atoms with Crippen molar-refractivity contribution in [3.63, 3.8) is 0 Å². The third kappa shape index (κ3) is 3.27. The number of imidazole rings is 1. The van der Waals surface area contributed by atoms with E-state index in [0.29, 0.717) is 12.2 Å². The molecule has 0 aliphatic rings. The predicted molar refractivity (Wildman–Crippen MR) is 79.5 cm³/mol. The number of rotatable bonds is 5. The smallest absolute Gasteiger partial charge is 0.273 e. The molecule has 0 aliphatic heterocycles. The maximum Gasteiger partial charge on any atom is 0.273 e. The second kappa shape index (κ2) is 6.21. The molecule has 2 aromatic heterocycles. The summed E-state index contributed by atoms with van der Waals surface area (Å²) in [5, 5.41) is 9.91. The molecule has 108 valence electrons. The molecule has 0 bridgehead atoms. The van der Waals surface area contributed by atoms with Gasteiger partial charge >= 0.3 is 0 Å². The molecule has 20 heavy (non-hydrogen) atoms. The van der Waals surface area contributed by atoms with Gasteiger partial charge in [-0.05, 0) is 28.8 Å². The van der Waals surface area contributed by atoms with Gasteiger partial charge in [0.15, 0.2) is 5.69 Å². The van der Waals surface area contributed by atoms with Crippen molar-refractivity contribution in [2.75, 3.05) is 0 Å². The molecule has 0 fully saturated rings. The Balaban J connectivity index is 2.01. The van der Waals surface area contributed by atoms with Crippen LogP contribution < -0.4 is 5.32 Å². The Morgan fingerprint density at radius 2 is 2.25 bits per heavy atom. The van der Waals surface area contributed by atoms with Crippen LogP contribution in [0.4, 0.5) is 0 Å². The van der Waals surface area contributed by atoms with Crippen molar-refractivity contribution in [3.05, 3.63) is 34.6 Å². The fourth-order valence-electron chi connectivity index (χ4n) is 1.92. The molecule has 1 unspecified atom stereocenters. The van der Waals surface area contributed by atoms with Gasteiger partial charge in [-0.25, -0.2) is 4.98 Å². The fraction of sp³-hybridized carbons (Fsp3) is 0.462. The highest BCUT2D eigenvalue weighted by Crippen LogP contribution is 2.25. The SMILES string of the molecule is CC(Cn1ccnc1)NC(=O)c1n[nH]c(C(C)C)c1Br. The lowest BCUT2D eigenvalue weighted by Gasteiger charge is -2.13. The van der Waals surface area contributed by atoms with E-state index in [4.69, 9.17) is 0 Å². The van der Waals surface area contributed by atoms with Crippen molar-refractivity contribution in [1.29, 1.82) is 0 Å². The Morgan fingerprint density at radius 3 is 2.80 bits per heavy atom. The van der Waals surface area contributed by atoms with E-state index in [9.17, 15) is 4.79 Å². The zero-order valence-electron chi connectivity index (χ0n) is 11.7. The van der Waals surface area contributed by atoms with Crippen molar-refractivity contribution in [2.24, 2.45) is 0 Å². The fourth-order valence-corrected chi connectivity index (χ4v) is 2.74. The molecule has 0 spiro atoms. The average molecular weight is 340 g/mol. The lowest BCUT2D eigenvalue weighted by atomic mass is 10.1. The summed E-state index contributed by atoms with van der Waals surface area (Å²) in [5.41, 5.74) is 1.32. The van der Waals surface area contributed by atoms with Crippen LogP contribution in [0.5, 0.6) is 0 Å². The van der Waals surface area contributed by atoms with Gasteiger partial charge < -0.3 is 9.88 Å². The molecule has 0 radical (unpaired) electrons. The maximum atomic E-state index is 12.2. The molecule has 2 N–H and O–H groups in total. The number of H-pyrrole nitrogens is 1. The van der Waals surface area contributed by atoms with E-state index >= 15 is 0 Å². The van der Waals surface area contributed by atoms with Gasteiger partial charge in [0.1, 0.15) is 0 Å². The first-order valence-corrected chi connectivity index (χ1v) is 7.28. The van der Waals surface area contributed by atoms with Crippen LogP contribution in [0.25, 0.3) is 0 Å². The van der Waals surface area contributed by atoms with Gasteiger partial charge in [0.25, 0.3) is 5.91 Å². The minimum Gasteiger partial charge on any atom is -0.346 e. The number of hydrogen-bond donors (Lipinski definition) is 2. The van der Waals surface area contributed by atoms with Gasteiger partial charge in [-0.2, -0.15) is 5.10 Å². The van der Waals surface area contributed by atoms with E-state index in [1.165, 1.54) is 0 Å². The van der Waals surface area contributed by atoms with Gasteiger partial charge in [0.05, 0.1) is 16.5 Å². The van der Waals surface area contributed by atoms with Crippen molar-refractivity contribution in [2.45, 2.75) is 39.3 Å². The van der Waals surface area contributed by atoms with Crippen LogP contribution >= 0.6 is 15.9 Å². The quantitative estimate of drug-likeness (QED) is 0.877. The topological polar surface area (TPSA) is 75.6 Å². The maximum absolute atomic E-state index is 12.2. The summed E-state index contributed by atoms with van der Waals surface area (Å²) in [6.07, 6.45) is 5.31. The number of carbonyl (C=O) groups is 1. The van der Waals surface area contributed by atoms with E-state index in [0.717, 1.165) is 10.2 Å². The van der Waals surface area contributed by atoms with Crippen LogP contribution in [0.1, 0.15) is 42.9 Å². The van der Waals surface area contributed by atoms with Crippen LogP contribution in [0.3, 0.4) is 0 Å². The number of halogens is 1. The molecular weight excluding hydrogens is 322 g/mol. The van der Waals surface area contributed by atoms with Crippen molar-refractivity contribution < 1.29 is 4.79 Å². The van der Waals surface area contributed by atoms with Crippen LogP contribution in [0, 0.1) is 0 Å². The summed E-state index contributed by atoms with van der Waals surface area (Å²) in [6.45, 7) is 6.70. The second-order valence-corrected chi connectivity index (χ2v) is 5.88. The first-order chi connectivity index (χ1) is 9.49. The molecule has 0 aliphatic carbocycles. The Morgan fingerprint density at radius 1 is 1.50 bits per heavy atom. The minimum absolute atomic E-state index is 0.0113. The normalized spacial score (nSPS) is 12.7. The highest BCUT2D eigenvalue weighted by molar-refractivity contribution is 9.10. The zero-order valence-corrected chi connectivity index (χ0v) is 13.3. The molecule has 0 saturated heterocycles. The lowest BCUT2D eigenvalue weighted by molar-refractivity contribution is 0.0931. The molecular formula is C13H18BrN5O. The summed E-state index contributed by atoms with van der Waals surface area (Å²) < 4.78 is 2.66.